The molecule has 0 aromatic rings. The Bertz CT molecular complexity index is 204. The number of carbonyl (C=O) groups excluding carboxylic acids is 1. The Morgan fingerprint density at radius 3 is 2.82 bits per heavy atom. The van der Waals surface area contributed by atoms with Crippen LogP contribution >= 0.6 is 11.6 Å². The van der Waals surface area contributed by atoms with Gasteiger partial charge < -0.3 is 9.94 Å². The molecule has 1 radical (unpaired) electrons. The summed E-state index contributed by atoms with van der Waals surface area (Å²) in [7, 11) is 0. The zero-order valence-corrected chi connectivity index (χ0v) is 6.63. The Labute approximate surface area is 68.8 Å². The smallest absolute Gasteiger partial charge is 0.252 e. The van der Waals surface area contributed by atoms with Gasteiger partial charge in [0.2, 0.25) is 5.60 Å². The van der Waals surface area contributed by atoms with Gasteiger partial charge in [0.15, 0.2) is 0 Å². The molecule has 0 saturated carbocycles. The van der Waals surface area contributed by atoms with Crippen molar-refractivity contribution < 1.29 is 14.7 Å². The van der Waals surface area contributed by atoms with Crippen LogP contribution in [0.4, 0.5) is 0 Å². The first-order chi connectivity index (χ1) is 5.10. The molecule has 0 aliphatic carbocycles. The van der Waals surface area contributed by atoms with Gasteiger partial charge in [-0.15, -0.1) is 0 Å². The molecule has 0 aromatic carbocycles. The van der Waals surface area contributed by atoms with Crippen molar-refractivity contribution in [1.82, 2.24) is 0 Å². The fourth-order valence-corrected chi connectivity index (χ4v) is 1.01. The monoisotopic (exact) mass is 176 g/mol. The molecule has 0 spiro atoms. The van der Waals surface area contributed by atoms with Crippen LogP contribution in [0.3, 0.4) is 0 Å². The van der Waals surface area contributed by atoms with Gasteiger partial charge in [0, 0.05) is 0 Å². The average molecular weight is 177 g/mol. The molecule has 5 heteroatoms. The number of halogens is 1. The van der Waals surface area contributed by atoms with E-state index < -0.39 is 11.7 Å². The Kier molecular flexibility index (Phi) is 2.15. The van der Waals surface area contributed by atoms with E-state index in [1.165, 1.54) is 6.92 Å². The molecule has 2 unspecified atom stereocenters. The number of aliphatic hydroxyl groups excluding tert-OH is 1. The first-order valence-electron chi connectivity index (χ1n) is 3.08. The lowest BCUT2D eigenvalue weighted by Gasteiger charge is -2.20. The van der Waals surface area contributed by atoms with E-state index in [0.717, 1.165) is 0 Å². The minimum atomic E-state index is -1.38. The number of rotatable bonds is 2. The summed E-state index contributed by atoms with van der Waals surface area (Å²) < 4.78 is 0. The Balaban J connectivity index is 2.75. The van der Waals surface area contributed by atoms with Crippen LogP contribution in [0.2, 0.25) is 0 Å². The van der Waals surface area contributed by atoms with Crippen molar-refractivity contribution in [1.29, 1.82) is 0 Å². The first kappa shape index (κ1) is 8.49. The van der Waals surface area contributed by atoms with E-state index in [9.17, 15) is 4.79 Å². The van der Waals surface area contributed by atoms with Crippen molar-refractivity contribution >= 4 is 23.1 Å². The van der Waals surface area contributed by atoms with Crippen LogP contribution in [0.15, 0.2) is 5.16 Å². The highest BCUT2D eigenvalue weighted by Gasteiger charge is 2.44. The largest absolute Gasteiger partial charge is 0.389 e. The number of aliphatic hydroxyl groups is 1. The Morgan fingerprint density at radius 2 is 2.64 bits per heavy atom. The molecule has 1 rings (SSSR count). The van der Waals surface area contributed by atoms with Crippen LogP contribution < -0.4 is 0 Å². The van der Waals surface area contributed by atoms with Crippen molar-refractivity contribution in [2.45, 2.75) is 25.0 Å². The van der Waals surface area contributed by atoms with E-state index in [0.29, 0.717) is 0 Å². The molecule has 0 saturated heterocycles. The fourth-order valence-electron chi connectivity index (χ4n) is 0.776. The van der Waals surface area contributed by atoms with Gasteiger partial charge >= 0.3 is 0 Å². The number of oxime groups is 1. The van der Waals surface area contributed by atoms with Crippen LogP contribution in [0.25, 0.3) is 0 Å². The fraction of sp³-hybridized carbons (Fsp3) is 0.667. The maximum Gasteiger partial charge on any atom is 0.252 e. The molecular weight excluding hydrogens is 170 g/mol. The average Bonchev–Trinajstić information content (AvgIpc) is 2.33. The highest BCUT2D eigenvalue weighted by molar-refractivity contribution is 6.65. The second-order valence-electron chi connectivity index (χ2n) is 2.40. The van der Waals surface area contributed by atoms with Gasteiger partial charge in [-0.1, -0.05) is 16.8 Å². The third-order valence-corrected chi connectivity index (χ3v) is 1.77. The van der Waals surface area contributed by atoms with Gasteiger partial charge in [-0.2, -0.15) is 0 Å². The van der Waals surface area contributed by atoms with Crippen LogP contribution in [0, 0.1) is 0 Å². The van der Waals surface area contributed by atoms with Crippen molar-refractivity contribution in [3.8, 4) is 0 Å². The third-order valence-electron chi connectivity index (χ3n) is 1.56. The normalized spacial score (nSPS) is 32.5. The summed E-state index contributed by atoms with van der Waals surface area (Å²) in [6.45, 7) is 1.43. The number of nitrogens with zero attached hydrogens (tertiary/aromatic N) is 1. The zero-order chi connectivity index (χ0) is 8.48. The predicted molar refractivity (Wildman–Crippen MR) is 39.1 cm³/mol. The van der Waals surface area contributed by atoms with Gasteiger partial charge in [0.25, 0.3) is 6.29 Å². The van der Waals surface area contributed by atoms with E-state index in [1.54, 1.807) is 6.29 Å². The summed E-state index contributed by atoms with van der Waals surface area (Å²) in [5.41, 5.74) is -1.38. The lowest BCUT2D eigenvalue weighted by Crippen LogP contribution is -2.42. The molecular formula is C6H7ClNO3. The molecule has 2 atom stereocenters. The molecule has 61 valence electrons. The van der Waals surface area contributed by atoms with Gasteiger partial charge in [-0.25, -0.2) is 0 Å². The van der Waals surface area contributed by atoms with Gasteiger partial charge in [0.05, 0.1) is 6.42 Å². The topological polar surface area (TPSA) is 58.9 Å². The number of hydrogen-bond acceptors (Lipinski definition) is 4. The summed E-state index contributed by atoms with van der Waals surface area (Å²) in [5, 5.41) is 12.6. The zero-order valence-electron chi connectivity index (χ0n) is 5.87. The minimum Gasteiger partial charge on any atom is -0.389 e. The molecule has 0 fully saturated rings. The van der Waals surface area contributed by atoms with Crippen LogP contribution in [0.1, 0.15) is 13.3 Å². The summed E-state index contributed by atoms with van der Waals surface area (Å²) in [6.07, 6.45) is 0.721. The first-order valence-corrected chi connectivity index (χ1v) is 3.46. The van der Waals surface area contributed by atoms with E-state index in [1.807, 2.05) is 0 Å². The SMILES string of the molecule is CC(O)C1([C]=O)CC(Cl)=NO1. The molecule has 0 bridgehead atoms. The lowest BCUT2D eigenvalue weighted by molar-refractivity contribution is -0.0511. The molecule has 0 aromatic heterocycles. The van der Waals surface area contributed by atoms with Gasteiger partial charge in [-0.05, 0) is 6.92 Å². The van der Waals surface area contributed by atoms with E-state index in [2.05, 4.69) is 9.99 Å². The Hall–Kier alpha value is -0.610. The molecule has 0 amide bonds. The van der Waals surface area contributed by atoms with E-state index in [4.69, 9.17) is 16.7 Å². The molecule has 1 aliphatic heterocycles. The maximum absolute atomic E-state index is 10.4. The summed E-state index contributed by atoms with van der Waals surface area (Å²) in [6, 6.07) is 0. The minimum absolute atomic E-state index is 0.0930. The van der Waals surface area contributed by atoms with Crippen molar-refractivity contribution in [2.24, 2.45) is 5.16 Å². The summed E-state index contributed by atoms with van der Waals surface area (Å²) in [4.78, 5) is 15.0. The van der Waals surface area contributed by atoms with E-state index >= 15 is 0 Å². The highest BCUT2D eigenvalue weighted by atomic mass is 35.5. The van der Waals surface area contributed by atoms with Crippen molar-refractivity contribution in [2.75, 3.05) is 0 Å². The summed E-state index contributed by atoms with van der Waals surface area (Å²) in [5.74, 6) is 0. The second kappa shape index (κ2) is 2.79. The van der Waals surface area contributed by atoms with E-state index in [-0.39, 0.29) is 11.6 Å². The molecule has 1 aliphatic rings. The number of hydrogen-bond donors (Lipinski definition) is 1. The molecule has 11 heavy (non-hydrogen) atoms. The quantitative estimate of drug-likeness (QED) is 0.654. The summed E-state index contributed by atoms with van der Waals surface area (Å²) >= 11 is 5.45. The van der Waals surface area contributed by atoms with Crippen LogP contribution in [-0.2, 0) is 9.63 Å². The van der Waals surface area contributed by atoms with Crippen molar-refractivity contribution in [3.05, 3.63) is 0 Å². The lowest BCUT2D eigenvalue weighted by atomic mass is 9.97. The molecule has 4 nitrogen and oxygen atoms in total. The van der Waals surface area contributed by atoms with Gasteiger partial charge in [0.1, 0.15) is 11.3 Å². The third kappa shape index (κ3) is 1.36. The molecule has 1 N–H and O–H groups in total. The molecule has 1 heterocycles. The second-order valence-corrected chi connectivity index (χ2v) is 2.84. The highest BCUT2D eigenvalue weighted by Crippen LogP contribution is 2.26. The predicted octanol–water partition coefficient (Wildman–Crippen LogP) is 0.188. The van der Waals surface area contributed by atoms with Crippen molar-refractivity contribution in [3.63, 3.8) is 0 Å². The van der Waals surface area contributed by atoms with Crippen LogP contribution in [-0.4, -0.2) is 28.3 Å². The maximum atomic E-state index is 10.4. The standard InChI is InChI=1S/C6H7ClNO3/c1-4(10)6(3-9)2-5(7)8-11-6/h4,10H,2H2,1H3. The Morgan fingerprint density at radius 1 is 2.00 bits per heavy atom. The van der Waals surface area contributed by atoms with Gasteiger partial charge in [-0.3, -0.25) is 4.79 Å². The van der Waals surface area contributed by atoms with Crippen LogP contribution in [0.5, 0.6) is 0 Å².